The zero-order valence-corrected chi connectivity index (χ0v) is 21.1. The van der Waals surface area contributed by atoms with E-state index in [1.807, 2.05) is 22.7 Å². The van der Waals surface area contributed by atoms with E-state index in [1.54, 1.807) is 0 Å². The lowest BCUT2D eigenvalue weighted by Crippen LogP contribution is -3.10. The summed E-state index contributed by atoms with van der Waals surface area (Å²) >= 11 is 8.23. The quantitative estimate of drug-likeness (QED) is 0.724. The largest absolute Gasteiger partial charge is 1.00 e. The fourth-order valence-corrected chi connectivity index (χ4v) is 7.02. The van der Waals surface area contributed by atoms with E-state index in [9.17, 15) is 0 Å². The van der Waals surface area contributed by atoms with Crippen LogP contribution in [-0.4, -0.2) is 26.2 Å². The van der Waals surface area contributed by atoms with Gasteiger partial charge in [0.2, 0.25) is 0 Å². The molecule has 0 aromatic heterocycles. The topological polar surface area (TPSA) is 7.68 Å². The van der Waals surface area contributed by atoms with Crippen LogP contribution in [0.1, 0.15) is 52.4 Å². The summed E-state index contributed by atoms with van der Waals surface area (Å²) in [4.78, 5) is 7.00. The highest BCUT2D eigenvalue weighted by molar-refractivity contribution is 7.99. The van der Waals surface area contributed by atoms with E-state index in [4.69, 9.17) is 11.6 Å². The van der Waals surface area contributed by atoms with E-state index in [1.165, 1.54) is 79.3 Å². The molecule has 2 aliphatic heterocycles. The minimum Gasteiger partial charge on any atom is -1.00 e. The van der Waals surface area contributed by atoms with Crippen LogP contribution in [0.5, 0.6) is 0 Å². The molecule has 0 amide bonds. The lowest BCUT2D eigenvalue weighted by atomic mass is 9.65. The number of hydrogen-bond acceptors (Lipinski definition) is 2. The third-order valence-electron chi connectivity index (χ3n) is 7.80. The van der Waals surface area contributed by atoms with Gasteiger partial charge in [-0.3, -0.25) is 0 Å². The Morgan fingerprint density at radius 3 is 2.52 bits per heavy atom. The minimum atomic E-state index is 0. The first-order chi connectivity index (χ1) is 14.4. The van der Waals surface area contributed by atoms with Gasteiger partial charge >= 0.3 is 0 Å². The third kappa shape index (κ3) is 4.90. The fourth-order valence-electron chi connectivity index (χ4n) is 5.78. The zero-order chi connectivity index (χ0) is 20.8. The average Bonchev–Trinajstić information content (AvgIpc) is 3.13. The highest BCUT2D eigenvalue weighted by Crippen LogP contribution is 2.49. The third-order valence-corrected chi connectivity index (χ3v) is 9.16. The maximum absolute atomic E-state index is 6.37. The Balaban J connectivity index is 0.00000231. The molecule has 5 rings (SSSR count). The van der Waals surface area contributed by atoms with Gasteiger partial charge in [0.25, 0.3) is 0 Å². The van der Waals surface area contributed by atoms with Crippen LogP contribution in [0.4, 0.5) is 11.4 Å². The van der Waals surface area contributed by atoms with E-state index in [0.717, 1.165) is 11.6 Å². The van der Waals surface area contributed by atoms with Gasteiger partial charge in [0.15, 0.2) is 0 Å². The molecule has 1 aliphatic carbocycles. The number of anilines is 2. The predicted octanol–water partition coefficient (Wildman–Crippen LogP) is 3.21. The van der Waals surface area contributed by atoms with Gasteiger partial charge in [0, 0.05) is 39.6 Å². The first kappa shape index (κ1) is 23.3. The van der Waals surface area contributed by atoms with Gasteiger partial charge in [0.1, 0.15) is 0 Å². The molecule has 2 fully saturated rings. The van der Waals surface area contributed by atoms with E-state index in [2.05, 4.69) is 55.1 Å². The predicted molar refractivity (Wildman–Crippen MR) is 129 cm³/mol. The number of likely N-dealkylation sites (tertiary alicyclic amines) is 1. The molecular weight excluding hydrogens is 443 g/mol. The van der Waals surface area contributed by atoms with Crippen LogP contribution in [0.3, 0.4) is 0 Å². The van der Waals surface area contributed by atoms with Crippen molar-refractivity contribution in [2.45, 2.75) is 62.2 Å². The number of benzene rings is 2. The van der Waals surface area contributed by atoms with Crippen LogP contribution in [-0.2, 0) is 0 Å². The Morgan fingerprint density at radius 2 is 1.71 bits per heavy atom. The summed E-state index contributed by atoms with van der Waals surface area (Å²) in [5, 5.41) is 0.825. The molecule has 2 nitrogen and oxygen atoms in total. The molecule has 2 heterocycles. The van der Waals surface area contributed by atoms with Crippen LogP contribution >= 0.6 is 23.4 Å². The Hall–Kier alpha value is -0.870. The Kier molecular flexibility index (Phi) is 6.89. The number of nitrogens with zero attached hydrogens (tertiary/aromatic N) is 1. The highest BCUT2D eigenvalue weighted by atomic mass is 35.5. The molecular formula is C26H34Cl2N2S. The second-order valence-corrected chi connectivity index (χ2v) is 12.0. The Labute approximate surface area is 203 Å². The number of para-hydroxylation sites is 1. The van der Waals surface area contributed by atoms with Crippen LogP contribution in [0.15, 0.2) is 52.3 Å². The number of fused-ring (bicyclic) bond motifs is 2. The SMILES string of the molecule is CC1(C)CCC2(CC[NH+](CCCN3c4ccccc4Sc4ccc(Cl)cc43)C2)CC1.[Cl-]. The molecule has 2 aromatic carbocycles. The maximum Gasteiger partial charge on any atom is 0.0830 e. The molecule has 5 heteroatoms. The molecule has 1 saturated heterocycles. The smallest absolute Gasteiger partial charge is 0.0830 e. The van der Waals surface area contributed by atoms with Crippen molar-refractivity contribution in [1.82, 2.24) is 0 Å². The van der Waals surface area contributed by atoms with Crippen LogP contribution in [0.2, 0.25) is 5.02 Å². The van der Waals surface area contributed by atoms with Crippen molar-refractivity contribution in [3.8, 4) is 0 Å². The number of rotatable bonds is 4. The summed E-state index contributed by atoms with van der Waals surface area (Å²) in [5.74, 6) is 0. The maximum atomic E-state index is 6.37. The molecule has 1 N–H and O–H groups in total. The number of hydrogen-bond donors (Lipinski definition) is 1. The molecule has 1 spiro atoms. The number of halogens is 2. The van der Waals surface area contributed by atoms with E-state index in [-0.39, 0.29) is 12.4 Å². The second kappa shape index (κ2) is 9.17. The van der Waals surface area contributed by atoms with Crippen molar-refractivity contribution in [1.29, 1.82) is 0 Å². The molecule has 168 valence electrons. The van der Waals surface area contributed by atoms with Gasteiger partial charge in [-0.15, -0.1) is 0 Å². The summed E-state index contributed by atoms with van der Waals surface area (Å²) in [6, 6.07) is 15.1. The van der Waals surface area contributed by atoms with E-state index in [0.29, 0.717) is 10.8 Å². The summed E-state index contributed by atoms with van der Waals surface area (Å²) in [7, 11) is 0. The Morgan fingerprint density at radius 1 is 0.968 bits per heavy atom. The van der Waals surface area contributed by atoms with Crippen LogP contribution in [0.25, 0.3) is 0 Å². The average molecular weight is 478 g/mol. The van der Waals surface area contributed by atoms with Gasteiger partial charge in [-0.05, 0) is 61.4 Å². The van der Waals surface area contributed by atoms with Crippen molar-refractivity contribution < 1.29 is 17.3 Å². The first-order valence-corrected chi connectivity index (χ1v) is 12.8. The summed E-state index contributed by atoms with van der Waals surface area (Å²) in [6.07, 6.45) is 8.40. The molecule has 1 atom stereocenters. The molecule has 1 saturated carbocycles. The molecule has 0 bridgehead atoms. The van der Waals surface area contributed by atoms with Crippen molar-refractivity contribution in [2.24, 2.45) is 10.8 Å². The highest BCUT2D eigenvalue weighted by Gasteiger charge is 2.45. The summed E-state index contributed by atoms with van der Waals surface area (Å²) in [6.45, 7) is 10.0. The van der Waals surface area contributed by atoms with Crippen molar-refractivity contribution in [3.63, 3.8) is 0 Å². The fraction of sp³-hybridized carbons (Fsp3) is 0.538. The monoisotopic (exact) mass is 476 g/mol. The lowest BCUT2D eigenvalue weighted by Gasteiger charge is -2.40. The van der Waals surface area contributed by atoms with Gasteiger partial charge in [0.05, 0.1) is 31.0 Å². The molecule has 3 aliphatic rings. The summed E-state index contributed by atoms with van der Waals surface area (Å²) < 4.78 is 0. The zero-order valence-electron chi connectivity index (χ0n) is 18.7. The van der Waals surface area contributed by atoms with Gasteiger partial charge in [-0.2, -0.15) is 0 Å². The molecule has 0 radical (unpaired) electrons. The van der Waals surface area contributed by atoms with Crippen molar-refractivity contribution in [2.75, 3.05) is 31.1 Å². The Bertz CT molecular complexity index is 919. The van der Waals surface area contributed by atoms with E-state index < -0.39 is 0 Å². The second-order valence-electron chi connectivity index (χ2n) is 10.5. The van der Waals surface area contributed by atoms with Gasteiger partial charge in [-0.25, -0.2) is 0 Å². The van der Waals surface area contributed by atoms with Crippen molar-refractivity contribution >= 4 is 34.7 Å². The van der Waals surface area contributed by atoms with E-state index >= 15 is 0 Å². The van der Waals surface area contributed by atoms with Crippen molar-refractivity contribution in [3.05, 3.63) is 47.5 Å². The van der Waals surface area contributed by atoms with Gasteiger partial charge in [-0.1, -0.05) is 49.3 Å². The number of nitrogens with one attached hydrogen (secondary N) is 1. The normalized spacial score (nSPS) is 23.2. The van der Waals surface area contributed by atoms with Gasteiger partial charge < -0.3 is 22.2 Å². The van der Waals surface area contributed by atoms with Crippen LogP contribution < -0.4 is 22.2 Å². The first-order valence-electron chi connectivity index (χ1n) is 11.6. The molecule has 1 unspecified atom stereocenters. The summed E-state index contributed by atoms with van der Waals surface area (Å²) in [5.41, 5.74) is 3.83. The standard InChI is InChI=1S/C26H33ClN2S.ClH/c1-25(2)10-12-26(13-11-25)14-17-28(19-26)15-5-16-29-21-6-3-4-7-23(21)30-24-9-8-20(27)18-22(24)29;/h3-4,6-9,18H,5,10-17,19H2,1-2H3;1H. The number of quaternary nitrogens is 1. The molecule has 31 heavy (non-hydrogen) atoms. The molecule has 2 aromatic rings. The minimum absolute atomic E-state index is 0. The van der Waals surface area contributed by atoms with Crippen LogP contribution in [0, 0.1) is 10.8 Å². The lowest BCUT2D eigenvalue weighted by molar-refractivity contribution is -0.890.